The van der Waals surface area contributed by atoms with Crippen LogP contribution in [0.5, 0.6) is 11.8 Å². The number of anilines is 2. The third-order valence-electron chi connectivity index (χ3n) is 8.09. The van der Waals surface area contributed by atoms with E-state index in [1.54, 1.807) is 45.7 Å². The summed E-state index contributed by atoms with van der Waals surface area (Å²) in [5.41, 5.74) is 5.13. The number of aromatic nitrogens is 8. The molecule has 0 aliphatic rings. The van der Waals surface area contributed by atoms with Crippen LogP contribution in [0.4, 0.5) is 11.4 Å². The molecule has 16 heteroatoms. The number of hydrogen-bond donors (Lipinski definition) is 3. The maximum atomic E-state index is 12.8. The molecule has 0 aliphatic carbocycles. The minimum absolute atomic E-state index is 0.167. The van der Waals surface area contributed by atoms with Gasteiger partial charge in [-0.05, 0) is 30.5 Å². The summed E-state index contributed by atoms with van der Waals surface area (Å²) in [5.74, 6) is 1.08. The standard InChI is InChI=1S/C22H21N5O3.C15H15N5O3/c1-15-21-18(23-11-17-8-9-19(29-2)24-12-17)10-20(28)27(22(21)26-14-25-15)30-13-16-6-4-3-5-7-16;1-9-14-11(5-13(21)20(22)15(14)19-8-18-9)16-6-10-3-4-12(23-2)17-7-10/h3-10,12,14,23H,11,13H2,1-2H3;3-5,7-8,16,22H,6H2,1-2H3. The predicted octanol–water partition coefficient (Wildman–Crippen LogP) is 4.10. The van der Waals surface area contributed by atoms with Gasteiger partial charge >= 0.3 is 0 Å². The molecule has 0 aliphatic heterocycles. The van der Waals surface area contributed by atoms with E-state index in [4.69, 9.17) is 14.3 Å². The second-order valence-electron chi connectivity index (χ2n) is 11.6. The number of nitrogens with zero attached hydrogens (tertiary/aromatic N) is 8. The quantitative estimate of drug-likeness (QED) is 0.162. The van der Waals surface area contributed by atoms with E-state index in [1.165, 1.54) is 29.5 Å². The highest BCUT2D eigenvalue weighted by atomic mass is 16.7. The Morgan fingerprint density at radius 3 is 1.70 bits per heavy atom. The van der Waals surface area contributed by atoms with Crippen molar-refractivity contribution >= 4 is 33.4 Å². The van der Waals surface area contributed by atoms with Crippen molar-refractivity contribution in [2.24, 2.45) is 0 Å². The van der Waals surface area contributed by atoms with Crippen molar-refractivity contribution in [2.75, 3.05) is 24.9 Å². The van der Waals surface area contributed by atoms with Crippen molar-refractivity contribution in [3.8, 4) is 11.8 Å². The molecule has 0 bridgehead atoms. The van der Waals surface area contributed by atoms with E-state index in [2.05, 4.69) is 40.5 Å². The van der Waals surface area contributed by atoms with Gasteiger partial charge in [0.1, 0.15) is 19.3 Å². The Balaban J connectivity index is 0.000000188. The van der Waals surface area contributed by atoms with Gasteiger partial charge < -0.3 is 30.2 Å². The molecule has 7 rings (SSSR count). The van der Waals surface area contributed by atoms with E-state index in [0.717, 1.165) is 27.8 Å². The molecule has 0 atom stereocenters. The second-order valence-corrected chi connectivity index (χ2v) is 11.6. The lowest BCUT2D eigenvalue weighted by molar-refractivity contribution is 0.0979. The average molecular weight is 717 g/mol. The first kappa shape index (κ1) is 35.7. The molecule has 0 unspecified atom stereocenters. The van der Waals surface area contributed by atoms with Crippen molar-refractivity contribution in [1.82, 2.24) is 39.4 Å². The number of ether oxygens (including phenoxy) is 2. The Hall–Kier alpha value is -7.10. The third-order valence-corrected chi connectivity index (χ3v) is 8.09. The smallest absolute Gasteiger partial charge is 0.287 e. The van der Waals surface area contributed by atoms with Crippen LogP contribution in [0.1, 0.15) is 28.1 Å². The summed E-state index contributed by atoms with van der Waals surface area (Å²) in [5, 5.41) is 17.6. The molecule has 270 valence electrons. The fourth-order valence-corrected chi connectivity index (χ4v) is 5.37. The molecule has 0 radical (unpaired) electrons. The lowest BCUT2D eigenvalue weighted by Crippen LogP contribution is -2.28. The number of pyridine rings is 4. The van der Waals surface area contributed by atoms with Gasteiger partial charge in [0.2, 0.25) is 11.8 Å². The number of nitrogens with one attached hydrogen (secondary N) is 2. The number of rotatable bonds is 11. The largest absolute Gasteiger partial charge is 0.481 e. The van der Waals surface area contributed by atoms with Gasteiger partial charge in [0, 0.05) is 49.7 Å². The first-order valence-electron chi connectivity index (χ1n) is 16.3. The van der Waals surface area contributed by atoms with Crippen LogP contribution in [0, 0.1) is 13.8 Å². The summed E-state index contributed by atoms with van der Waals surface area (Å²) < 4.78 is 11.8. The first-order valence-corrected chi connectivity index (χ1v) is 16.3. The number of hydrogen-bond acceptors (Lipinski definition) is 14. The fraction of sp³-hybridized carbons (Fsp3) is 0.189. The lowest BCUT2D eigenvalue weighted by Gasteiger charge is -2.15. The number of fused-ring (bicyclic) bond motifs is 2. The van der Waals surface area contributed by atoms with Crippen LogP contribution in [0.25, 0.3) is 22.1 Å². The van der Waals surface area contributed by atoms with E-state index in [-0.39, 0.29) is 17.8 Å². The van der Waals surface area contributed by atoms with Crippen molar-refractivity contribution in [3.05, 3.63) is 141 Å². The fourth-order valence-electron chi connectivity index (χ4n) is 5.37. The van der Waals surface area contributed by atoms with Gasteiger partial charge in [-0.2, -0.15) is 0 Å². The van der Waals surface area contributed by atoms with E-state index >= 15 is 0 Å². The predicted molar refractivity (Wildman–Crippen MR) is 197 cm³/mol. The van der Waals surface area contributed by atoms with Gasteiger partial charge in [0.25, 0.3) is 11.1 Å². The molecule has 16 nitrogen and oxygen atoms in total. The highest BCUT2D eigenvalue weighted by molar-refractivity contribution is 5.91. The molecule has 0 amide bonds. The summed E-state index contributed by atoms with van der Waals surface area (Å²) in [7, 11) is 3.13. The first-order chi connectivity index (χ1) is 25.7. The summed E-state index contributed by atoms with van der Waals surface area (Å²) in [6, 6.07) is 19.8. The van der Waals surface area contributed by atoms with Gasteiger partial charge in [-0.1, -0.05) is 42.5 Å². The Morgan fingerprint density at radius 2 is 1.17 bits per heavy atom. The second kappa shape index (κ2) is 16.3. The third kappa shape index (κ3) is 8.28. The molecule has 7 aromatic rings. The summed E-state index contributed by atoms with van der Waals surface area (Å²) in [6.45, 7) is 4.85. The summed E-state index contributed by atoms with van der Waals surface area (Å²) >= 11 is 0. The Labute approximate surface area is 302 Å². The Kier molecular flexibility index (Phi) is 11.0. The SMILES string of the molecule is COc1ccc(CNc2cc(=O)n(O)c3ncnc(C)c23)cn1.COc1ccc(CNc2cc(=O)n(OCc3ccccc3)c3ncnc(C)c23)cn1. The van der Waals surface area contributed by atoms with Crippen LogP contribution in [-0.4, -0.2) is 58.8 Å². The zero-order chi connectivity index (χ0) is 37.3. The summed E-state index contributed by atoms with van der Waals surface area (Å²) in [6.07, 6.45) is 6.14. The maximum absolute atomic E-state index is 12.8. The molecule has 0 spiro atoms. The zero-order valence-corrected chi connectivity index (χ0v) is 29.3. The topological polar surface area (TPSA) is 193 Å². The Bertz CT molecular complexity index is 2460. The zero-order valence-electron chi connectivity index (χ0n) is 29.3. The van der Waals surface area contributed by atoms with Crippen molar-refractivity contribution in [3.63, 3.8) is 0 Å². The number of methoxy groups -OCH3 is 2. The van der Waals surface area contributed by atoms with Crippen molar-refractivity contribution in [1.29, 1.82) is 0 Å². The molecule has 1 aromatic carbocycles. The van der Waals surface area contributed by atoms with Crippen molar-refractivity contribution < 1.29 is 19.5 Å². The molecule has 0 fully saturated rings. The molecule has 0 saturated heterocycles. The van der Waals surface area contributed by atoms with Gasteiger partial charge in [0.05, 0.1) is 47.8 Å². The van der Waals surface area contributed by atoms with Crippen LogP contribution < -0.4 is 36.1 Å². The van der Waals surface area contributed by atoms with Crippen LogP contribution >= 0.6 is 0 Å². The number of aryl methyl sites for hydroxylation is 2. The van der Waals surface area contributed by atoms with E-state index < -0.39 is 5.56 Å². The highest BCUT2D eigenvalue weighted by Crippen LogP contribution is 2.24. The molecule has 0 saturated carbocycles. The molecule has 6 heterocycles. The lowest BCUT2D eigenvalue weighted by atomic mass is 10.2. The van der Waals surface area contributed by atoms with E-state index in [0.29, 0.717) is 57.7 Å². The van der Waals surface area contributed by atoms with Gasteiger partial charge in [0.15, 0.2) is 11.3 Å². The minimum Gasteiger partial charge on any atom is -0.481 e. The normalized spacial score (nSPS) is 10.7. The molecule has 6 aromatic heterocycles. The molecular weight excluding hydrogens is 680 g/mol. The molecule has 53 heavy (non-hydrogen) atoms. The van der Waals surface area contributed by atoms with Crippen LogP contribution in [0.2, 0.25) is 0 Å². The maximum Gasteiger partial charge on any atom is 0.287 e. The molecule has 3 N–H and O–H groups in total. The monoisotopic (exact) mass is 716 g/mol. The highest BCUT2D eigenvalue weighted by Gasteiger charge is 2.15. The van der Waals surface area contributed by atoms with Crippen molar-refractivity contribution in [2.45, 2.75) is 33.5 Å². The van der Waals surface area contributed by atoms with Gasteiger partial charge in [-0.25, -0.2) is 29.9 Å². The molecular formula is C37H36N10O6. The average Bonchev–Trinajstić information content (AvgIpc) is 3.18. The van der Waals surface area contributed by atoms with E-state index in [1.807, 2.05) is 49.4 Å². The minimum atomic E-state index is -0.564. The number of benzene rings is 1. The van der Waals surface area contributed by atoms with E-state index in [9.17, 15) is 14.8 Å². The van der Waals surface area contributed by atoms with Gasteiger partial charge in [-0.15, -0.1) is 9.46 Å². The summed E-state index contributed by atoms with van der Waals surface area (Å²) in [4.78, 5) is 55.4. The van der Waals surface area contributed by atoms with Crippen LogP contribution in [0.3, 0.4) is 0 Å². The van der Waals surface area contributed by atoms with Gasteiger partial charge in [-0.3, -0.25) is 9.59 Å². The van der Waals surface area contributed by atoms with Crippen LogP contribution in [-0.2, 0) is 19.7 Å². The van der Waals surface area contributed by atoms with Crippen LogP contribution in [0.15, 0.2) is 101 Å². The Morgan fingerprint density at radius 1 is 0.642 bits per heavy atom.